The molecule has 0 bridgehead atoms. The molecular weight excluding hydrogens is 286 g/mol. The molecule has 0 aliphatic carbocycles. The number of nitro groups is 1. The van der Waals surface area contributed by atoms with Crippen molar-refractivity contribution in [1.29, 1.82) is 0 Å². The molecule has 9 heteroatoms. The number of methoxy groups -OCH3 is 1. The van der Waals surface area contributed by atoms with E-state index in [4.69, 9.17) is 10.5 Å². The number of ether oxygens (including phenoxy) is 1. The highest BCUT2D eigenvalue weighted by atomic mass is 32.2. The van der Waals surface area contributed by atoms with Gasteiger partial charge in [-0.15, -0.1) is 0 Å². The van der Waals surface area contributed by atoms with Crippen LogP contribution >= 0.6 is 0 Å². The van der Waals surface area contributed by atoms with Crippen molar-refractivity contribution in [3.8, 4) is 5.75 Å². The van der Waals surface area contributed by atoms with Crippen molar-refractivity contribution in [2.45, 2.75) is 24.3 Å². The lowest BCUT2D eigenvalue weighted by atomic mass is 10.1. The maximum Gasteiger partial charge on any atom is 0.271 e. The van der Waals surface area contributed by atoms with Crippen LogP contribution in [0.3, 0.4) is 0 Å². The van der Waals surface area contributed by atoms with E-state index in [0.717, 1.165) is 6.07 Å². The quantitative estimate of drug-likeness (QED) is 0.586. The summed E-state index contributed by atoms with van der Waals surface area (Å²) >= 11 is 0. The van der Waals surface area contributed by atoms with Crippen LogP contribution in [0.15, 0.2) is 23.1 Å². The van der Waals surface area contributed by atoms with Crippen LogP contribution in [-0.4, -0.2) is 32.5 Å². The third-order valence-corrected chi connectivity index (χ3v) is 3.79. The second kappa shape index (κ2) is 5.73. The van der Waals surface area contributed by atoms with Gasteiger partial charge in [0.05, 0.1) is 12.0 Å². The molecule has 0 heterocycles. The van der Waals surface area contributed by atoms with E-state index >= 15 is 0 Å². The van der Waals surface area contributed by atoms with E-state index in [0.29, 0.717) is 0 Å². The summed E-state index contributed by atoms with van der Waals surface area (Å²) in [6, 6.07) is 3.36. The normalized spacial score (nSPS) is 12.2. The molecule has 20 heavy (non-hydrogen) atoms. The van der Waals surface area contributed by atoms with E-state index in [1.165, 1.54) is 19.2 Å². The molecule has 112 valence electrons. The van der Waals surface area contributed by atoms with Crippen molar-refractivity contribution < 1.29 is 18.1 Å². The van der Waals surface area contributed by atoms with Gasteiger partial charge in [-0.05, 0) is 19.9 Å². The zero-order valence-electron chi connectivity index (χ0n) is 11.4. The summed E-state index contributed by atoms with van der Waals surface area (Å²) in [4.78, 5) is 9.76. The van der Waals surface area contributed by atoms with Crippen molar-refractivity contribution in [1.82, 2.24) is 4.72 Å². The first-order valence-electron chi connectivity index (χ1n) is 5.68. The lowest BCUT2D eigenvalue weighted by molar-refractivity contribution is -0.385. The first-order chi connectivity index (χ1) is 9.07. The van der Waals surface area contributed by atoms with Crippen LogP contribution in [0.2, 0.25) is 0 Å². The number of nitrogens with one attached hydrogen (secondary N) is 1. The minimum absolute atomic E-state index is 0.0127. The van der Waals surface area contributed by atoms with Crippen molar-refractivity contribution in [3.63, 3.8) is 0 Å². The third-order valence-electron chi connectivity index (χ3n) is 2.37. The highest BCUT2D eigenvalue weighted by molar-refractivity contribution is 7.89. The first kappa shape index (κ1) is 16.3. The summed E-state index contributed by atoms with van der Waals surface area (Å²) in [7, 11) is -2.67. The van der Waals surface area contributed by atoms with E-state index in [-0.39, 0.29) is 22.9 Å². The Bertz CT molecular complexity index is 607. The standard InChI is InChI=1S/C11H17N3O5S/c1-11(2,12)7-13-20(17,18)10-6-8(14(15)16)4-5-9(10)19-3/h4-6,13H,7,12H2,1-3H3. The zero-order chi connectivity index (χ0) is 15.6. The smallest absolute Gasteiger partial charge is 0.271 e. The van der Waals surface area contributed by atoms with Gasteiger partial charge in [0.1, 0.15) is 10.6 Å². The Kier molecular flexibility index (Phi) is 4.69. The number of hydrogen-bond donors (Lipinski definition) is 2. The lowest BCUT2D eigenvalue weighted by Crippen LogP contribution is -2.45. The maximum absolute atomic E-state index is 12.2. The van der Waals surface area contributed by atoms with Gasteiger partial charge >= 0.3 is 0 Å². The van der Waals surface area contributed by atoms with Crippen LogP contribution in [0.1, 0.15) is 13.8 Å². The first-order valence-corrected chi connectivity index (χ1v) is 7.16. The monoisotopic (exact) mass is 303 g/mol. The molecule has 0 saturated carbocycles. The van der Waals surface area contributed by atoms with Crippen LogP contribution in [0.5, 0.6) is 5.75 Å². The molecule has 8 nitrogen and oxygen atoms in total. The predicted molar refractivity (Wildman–Crippen MR) is 73.1 cm³/mol. The molecule has 0 amide bonds. The summed E-state index contributed by atoms with van der Waals surface area (Å²) < 4.78 is 31.6. The molecule has 0 radical (unpaired) electrons. The van der Waals surface area contributed by atoms with Gasteiger partial charge in [-0.2, -0.15) is 0 Å². The Balaban J connectivity index is 3.21. The van der Waals surface area contributed by atoms with Crippen LogP contribution in [-0.2, 0) is 10.0 Å². The summed E-state index contributed by atoms with van der Waals surface area (Å²) in [5.41, 5.74) is 4.62. The molecule has 0 unspecified atom stereocenters. The van der Waals surface area contributed by atoms with E-state index in [1.54, 1.807) is 13.8 Å². The SMILES string of the molecule is COc1ccc([N+](=O)[O-])cc1S(=O)(=O)NCC(C)(C)N. The highest BCUT2D eigenvalue weighted by Crippen LogP contribution is 2.28. The third kappa shape index (κ3) is 4.15. The number of rotatable bonds is 6. The number of sulfonamides is 1. The number of non-ortho nitro benzene ring substituents is 1. The molecule has 0 atom stereocenters. The highest BCUT2D eigenvalue weighted by Gasteiger charge is 2.24. The fourth-order valence-electron chi connectivity index (χ4n) is 1.35. The largest absolute Gasteiger partial charge is 0.495 e. The minimum atomic E-state index is -3.95. The summed E-state index contributed by atoms with van der Waals surface area (Å²) in [6.07, 6.45) is 0. The van der Waals surface area contributed by atoms with Gasteiger partial charge in [-0.3, -0.25) is 10.1 Å². The number of benzene rings is 1. The maximum atomic E-state index is 12.2. The van der Waals surface area contributed by atoms with E-state index in [2.05, 4.69) is 4.72 Å². The number of hydrogen-bond acceptors (Lipinski definition) is 6. The van der Waals surface area contributed by atoms with Gasteiger partial charge in [0.25, 0.3) is 5.69 Å². The predicted octanol–water partition coefficient (Wildman–Crippen LogP) is 0.619. The number of nitro benzene ring substituents is 1. The van der Waals surface area contributed by atoms with E-state index < -0.39 is 20.5 Å². The van der Waals surface area contributed by atoms with Gasteiger partial charge in [-0.25, -0.2) is 13.1 Å². The summed E-state index contributed by atoms with van der Waals surface area (Å²) in [5, 5.41) is 10.7. The van der Waals surface area contributed by atoms with Crippen molar-refractivity contribution in [2.75, 3.05) is 13.7 Å². The Morgan fingerprint density at radius 2 is 2.05 bits per heavy atom. The average Bonchev–Trinajstić information content (AvgIpc) is 2.35. The molecule has 0 aromatic heterocycles. The van der Waals surface area contributed by atoms with Gasteiger partial charge in [0, 0.05) is 24.2 Å². The second-order valence-electron chi connectivity index (χ2n) is 4.91. The van der Waals surface area contributed by atoms with Crippen molar-refractivity contribution in [2.24, 2.45) is 5.73 Å². The molecular formula is C11H17N3O5S. The fraction of sp³-hybridized carbons (Fsp3) is 0.455. The number of nitrogens with two attached hydrogens (primary N) is 1. The Morgan fingerprint density at radius 3 is 2.50 bits per heavy atom. The van der Waals surface area contributed by atoms with Gasteiger partial charge in [-0.1, -0.05) is 0 Å². The fourth-order valence-corrected chi connectivity index (χ4v) is 2.76. The molecule has 0 saturated heterocycles. The lowest BCUT2D eigenvalue weighted by Gasteiger charge is -2.19. The molecule has 1 rings (SSSR count). The second-order valence-corrected chi connectivity index (χ2v) is 6.64. The molecule has 0 aliphatic rings. The van der Waals surface area contributed by atoms with Crippen LogP contribution in [0.4, 0.5) is 5.69 Å². The molecule has 0 fully saturated rings. The van der Waals surface area contributed by atoms with Crippen LogP contribution < -0.4 is 15.2 Å². The van der Waals surface area contributed by atoms with Gasteiger partial charge in [0.15, 0.2) is 0 Å². The van der Waals surface area contributed by atoms with Crippen LogP contribution in [0, 0.1) is 10.1 Å². The summed E-state index contributed by atoms with van der Waals surface area (Å²) in [6.45, 7) is 3.29. The van der Waals surface area contributed by atoms with Crippen molar-refractivity contribution in [3.05, 3.63) is 28.3 Å². The van der Waals surface area contributed by atoms with E-state index in [9.17, 15) is 18.5 Å². The summed E-state index contributed by atoms with van der Waals surface area (Å²) in [5.74, 6) is 0.0259. The molecule has 1 aromatic carbocycles. The Morgan fingerprint density at radius 1 is 1.45 bits per heavy atom. The zero-order valence-corrected chi connectivity index (χ0v) is 12.2. The van der Waals surface area contributed by atoms with E-state index in [1.807, 2.05) is 0 Å². The topological polar surface area (TPSA) is 125 Å². The van der Waals surface area contributed by atoms with Gasteiger partial charge < -0.3 is 10.5 Å². The molecule has 0 aliphatic heterocycles. The van der Waals surface area contributed by atoms with Crippen molar-refractivity contribution >= 4 is 15.7 Å². The number of nitrogens with zero attached hydrogens (tertiary/aromatic N) is 1. The molecule has 3 N–H and O–H groups in total. The Hall–Kier alpha value is -1.71. The van der Waals surface area contributed by atoms with Gasteiger partial charge in [0.2, 0.25) is 10.0 Å². The molecule has 0 spiro atoms. The molecule has 1 aromatic rings. The average molecular weight is 303 g/mol. The van der Waals surface area contributed by atoms with Crippen LogP contribution in [0.25, 0.3) is 0 Å². The minimum Gasteiger partial charge on any atom is -0.495 e. The Labute approximate surface area is 117 Å².